The van der Waals surface area contributed by atoms with Crippen molar-refractivity contribution in [3.05, 3.63) is 39.2 Å². The average Bonchev–Trinajstić information content (AvgIpc) is 2.85. The summed E-state index contributed by atoms with van der Waals surface area (Å²) in [5, 5.41) is 1.95. The van der Waals surface area contributed by atoms with E-state index < -0.39 is 0 Å². The van der Waals surface area contributed by atoms with Crippen LogP contribution in [-0.4, -0.2) is 17.6 Å². The summed E-state index contributed by atoms with van der Waals surface area (Å²) in [5.41, 5.74) is 3.08. The molecule has 0 bridgehead atoms. The van der Waals surface area contributed by atoms with Gasteiger partial charge in [-0.1, -0.05) is 18.5 Å². The van der Waals surface area contributed by atoms with Gasteiger partial charge in [-0.15, -0.1) is 11.3 Å². The molecule has 5 heteroatoms. The highest BCUT2D eigenvalue weighted by Crippen LogP contribution is 2.28. The van der Waals surface area contributed by atoms with Crippen LogP contribution in [0, 0.1) is 0 Å². The van der Waals surface area contributed by atoms with Crippen LogP contribution >= 0.6 is 22.9 Å². The highest BCUT2D eigenvalue weighted by Gasteiger charge is 2.14. The number of halogens is 1. The molecule has 0 atom stereocenters. The maximum atomic E-state index is 11.8. The summed E-state index contributed by atoms with van der Waals surface area (Å²) in [6, 6.07) is 5.46. The Bertz CT molecular complexity index is 595. The molecule has 2 aromatic heterocycles. The van der Waals surface area contributed by atoms with E-state index in [2.05, 4.69) is 4.98 Å². The second-order valence-corrected chi connectivity index (χ2v) is 5.45. The summed E-state index contributed by atoms with van der Waals surface area (Å²) in [4.78, 5) is 16.3. The molecule has 0 saturated carbocycles. The van der Waals surface area contributed by atoms with Crippen LogP contribution in [0.2, 0.25) is 4.34 Å². The number of aromatic nitrogens is 1. The number of esters is 1. The Hall–Kier alpha value is -1.39. The first-order chi connectivity index (χ1) is 9.15. The standard InChI is InChI=1S/C14H14ClNO2S/c1-3-11-10(14(17)18-4-2)5-6-12(16-11)9-7-13(15)19-8-9/h5-8H,3-4H2,1-2H3. The minimum Gasteiger partial charge on any atom is -0.462 e. The van der Waals surface area contributed by atoms with Gasteiger partial charge in [0.15, 0.2) is 0 Å². The largest absolute Gasteiger partial charge is 0.462 e. The van der Waals surface area contributed by atoms with Crippen LogP contribution in [0.3, 0.4) is 0 Å². The van der Waals surface area contributed by atoms with Crippen LogP contribution in [0.5, 0.6) is 0 Å². The van der Waals surface area contributed by atoms with E-state index in [1.54, 1.807) is 13.0 Å². The van der Waals surface area contributed by atoms with Gasteiger partial charge in [0, 0.05) is 10.9 Å². The third-order valence-electron chi connectivity index (χ3n) is 2.67. The molecular weight excluding hydrogens is 282 g/mol. The zero-order valence-corrected chi connectivity index (χ0v) is 12.3. The molecule has 0 saturated heterocycles. The van der Waals surface area contributed by atoms with Gasteiger partial charge in [0.2, 0.25) is 0 Å². The normalized spacial score (nSPS) is 10.5. The Morgan fingerprint density at radius 2 is 2.21 bits per heavy atom. The van der Waals surface area contributed by atoms with Crippen LogP contribution in [0.1, 0.15) is 29.9 Å². The monoisotopic (exact) mass is 295 g/mol. The number of carbonyl (C=O) groups is 1. The van der Waals surface area contributed by atoms with Crippen LogP contribution in [0.25, 0.3) is 11.3 Å². The number of thiophene rings is 1. The van der Waals surface area contributed by atoms with Gasteiger partial charge in [0.25, 0.3) is 0 Å². The smallest absolute Gasteiger partial charge is 0.339 e. The molecule has 0 N–H and O–H groups in total. The minimum atomic E-state index is -0.318. The molecule has 0 aromatic carbocycles. The Morgan fingerprint density at radius 1 is 1.42 bits per heavy atom. The van der Waals surface area contributed by atoms with E-state index in [0.29, 0.717) is 18.6 Å². The molecule has 2 aromatic rings. The number of hydrogen-bond donors (Lipinski definition) is 0. The summed E-state index contributed by atoms with van der Waals surface area (Å²) in [6.45, 7) is 4.12. The Balaban J connectivity index is 2.38. The lowest BCUT2D eigenvalue weighted by Gasteiger charge is -2.08. The highest BCUT2D eigenvalue weighted by atomic mass is 35.5. The first-order valence-electron chi connectivity index (χ1n) is 6.07. The number of pyridine rings is 1. The topological polar surface area (TPSA) is 39.2 Å². The van der Waals surface area contributed by atoms with Crippen molar-refractivity contribution in [1.82, 2.24) is 4.98 Å². The number of aryl methyl sites for hydroxylation is 1. The molecule has 0 aliphatic heterocycles. The highest BCUT2D eigenvalue weighted by molar-refractivity contribution is 7.14. The van der Waals surface area contributed by atoms with E-state index in [4.69, 9.17) is 16.3 Å². The molecule has 0 spiro atoms. The van der Waals surface area contributed by atoms with Crippen molar-refractivity contribution in [3.8, 4) is 11.3 Å². The van der Waals surface area contributed by atoms with E-state index in [1.807, 2.05) is 24.4 Å². The number of hydrogen-bond acceptors (Lipinski definition) is 4. The fourth-order valence-corrected chi connectivity index (χ4v) is 2.65. The molecule has 19 heavy (non-hydrogen) atoms. The van der Waals surface area contributed by atoms with Crippen molar-refractivity contribution in [2.24, 2.45) is 0 Å². The van der Waals surface area contributed by atoms with E-state index >= 15 is 0 Å². The van der Waals surface area contributed by atoms with Gasteiger partial charge in [-0.25, -0.2) is 4.79 Å². The molecule has 0 aliphatic rings. The first-order valence-corrected chi connectivity index (χ1v) is 7.33. The Kier molecular flexibility index (Phi) is 4.56. The zero-order chi connectivity index (χ0) is 13.8. The van der Waals surface area contributed by atoms with E-state index in [0.717, 1.165) is 21.3 Å². The number of rotatable bonds is 4. The molecule has 0 amide bonds. The maximum absolute atomic E-state index is 11.8. The number of ether oxygens (including phenoxy) is 1. The number of nitrogens with zero attached hydrogens (tertiary/aromatic N) is 1. The van der Waals surface area contributed by atoms with Gasteiger partial charge in [-0.3, -0.25) is 4.98 Å². The third-order valence-corrected chi connectivity index (χ3v) is 3.76. The quantitative estimate of drug-likeness (QED) is 0.794. The van der Waals surface area contributed by atoms with Crippen LogP contribution in [0.15, 0.2) is 23.6 Å². The number of carbonyl (C=O) groups excluding carboxylic acids is 1. The molecule has 100 valence electrons. The van der Waals surface area contributed by atoms with Gasteiger partial charge >= 0.3 is 5.97 Å². The minimum absolute atomic E-state index is 0.318. The van der Waals surface area contributed by atoms with E-state index in [9.17, 15) is 4.79 Å². The molecule has 0 unspecified atom stereocenters. The molecule has 0 fully saturated rings. The summed E-state index contributed by atoms with van der Waals surface area (Å²) >= 11 is 7.39. The molecule has 2 rings (SSSR count). The molecular formula is C14H14ClNO2S. The fraction of sp³-hybridized carbons (Fsp3) is 0.286. The van der Waals surface area contributed by atoms with Gasteiger partial charge in [-0.05, 0) is 31.5 Å². The zero-order valence-electron chi connectivity index (χ0n) is 10.8. The van der Waals surface area contributed by atoms with Crippen molar-refractivity contribution in [2.75, 3.05) is 6.61 Å². The van der Waals surface area contributed by atoms with Gasteiger partial charge < -0.3 is 4.74 Å². The SMILES string of the molecule is CCOC(=O)c1ccc(-c2csc(Cl)c2)nc1CC. The van der Waals surface area contributed by atoms with Crippen LogP contribution in [0.4, 0.5) is 0 Å². The average molecular weight is 296 g/mol. The lowest BCUT2D eigenvalue weighted by molar-refractivity contribution is 0.0524. The van der Waals surface area contributed by atoms with Crippen molar-refractivity contribution in [3.63, 3.8) is 0 Å². The molecule has 3 nitrogen and oxygen atoms in total. The van der Waals surface area contributed by atoms with Crippen molar-refractivity contribution >= 4 is 28.9 Å². The first kappa shape index (κ1) is 14.0. The summed E-state index contributed by atoms with van der Waals surface area (Å²) in [5.74, 6) is -0.318. The molecule has 2 heterocycles. The molecule has 0 aliphatic carbocycles. The summed E-state index contributed by atoms with van der Waals surface area (Å²) in [6.07, 6.45) is 0.680. The third kappa shape index (κ3) is 3.14. The summed E-state index contributed by atoms with van der Waals surface area (Å²) in [7, 11) is 0. The van der Waals surface area contributed by atoms with Gasteiger partial charge in [0.05, 0.1) is 27.9 Å². The van der Waals surface area contributed by atoms with Crippen LogP contribution in [-0.2, 0) is 11.2 Å². The second kappa shape index (κ2) is 6.17. The lowest BCUT2D eigenvalue weighted by Crippen LogP contribution is -2.09. The molecule has 0 radical (unpaired) electrons. The van der Waals surface area contributed by atoms with E-state index in [1.165, 1.54) is 11.3 Å². The van der Waals surface area contributed by atoms with E-state index in [-0.39, 0.29) is 5.97 Å². The predicted octanol–water partition coefficient (Wildman–Crippen LogP) is 4.20. The van der Waals surface area contributed by atoms with Crippen molar-refractivity contribution in [1.29, 1.82) is 0 Å². The van der Waals surface area contributed by atoms with Gasteiger partial charge in [-0.2, -0.15) is 0 Å². The van der Waals surface area contributed by atoms with Crippen molar-refractivity contribution < 1.29 is 9.53 Å². The lowest BCUT2D eigenvalue weighted by atomic mass is 10.1. The maximum Gasteiger partial charge on any atom is 0.339 e. The van der Waals surface area contributed by atoms with Crippen molar-refractivity contribution in [2.45, 2.75) is 20.3 Å². The predicted molar refractivity (Wildman–Crippen MR) is 77.9 cm³/mol. The Morgan fingerprint density at radius 3 is 2.79 bits per heavy atom. The van der Waals surface area contributed by atoms with Gasteiger partial charge in [0.1, 0.15) is 0 Å². The summed E-state index contributed by atoms with van der Waals surface area (Å²) < 4.78 is 5.75. The second-order valence-electron chi connectivity index (χ2n) is 3.90. The Labute approximate surface area is 121 Å². The fourth-order valence-electron chi connectivity index (χ4n) is 1.77. The van der Waals surface area contributed by atoms with Crippen LogP contribution < -0.4 is 0 Å².